The van der Waals surface area contributed by atoms with Crippen molar-refractivity contribution < 1.29 is 26.6 Å². The lowest BCUT2D eigenvalue weighted by molar-refractivity contribution is 0.417. The molecule has 6 aromatic rings. The summed E-state index contributed by atoms with van der Waals surface area (Å²) in [6, 6.07) is 46.5. The molecule has 10 rings (SSSR count). The molecule has 0 bridgehead atoms. The molecular formula is C50H38N2O6P2S. The van der Waals surface area contributed by atoms with Crippen LogP contribution in [0.5, 0.6) is 0 Å². The fourth-order valence-electron chi connectivity index (χ4n) is 8.90. The lowest BCUT2D eigenvalue weighted by Gasteiger charge is -2.36. The molecule has 0 spiro atoms. The summed E-state index contributed by atoms with van der Waals surface area (Å²) in [5, 5.41) is 18.4. The number of sulfone groups is 1. The van der Waals surface area contributed by atoms with E-state index in [1.165, 1.54) is 24.3 Å². The Morgan fingerprint density at radius 2 is 0.803 bits per heavy atom. The molecule has 4 unspecified atom stereocenters. The summed E-state index contributed by atoms with van der Waals surface area (Å²) in [6.45, 7) is 0. The second-order valence-electron chi connectivity index (χ2n) is 15.3. The Morgan fingerprint density at radius 1 is 0.459 bits per heavy atom. The van der Waals surface area contributed by atoms with Gasteiger partial charge < -0.3 is 19.9 Å². The molecule has 0 fully saturated rings. The van der Waals surface area contributed by atoms with Gasteiger partial charge in [0.25, 0.3) is 14.7 Å². The van der Waals surface area contributed by atoms with Crippen molar-refractivity contribution in [3.8, 4) is 0 Å². The Bertz CT molecular complexity index is 2930. The first-order valence-electron chi connectivity index (χ1n) is 19.9. The molecule has 0 radical (unpaired) electrons. The van der Waals surface area contributed by atoms with Crippen molar-refractivity contribution in [2.45, 2.75) is 34.0 Å². The Labute approximate surface area is 354 Å². The Hall–Kier alpha value is -6.37. The molecule has 2 aliphatic heterocycles. The molecular weight excluding hydrogens is 819 g/mol. The number of allylic oxidation sites excluding steroid dienone is 6. The smallest absolute Gasteiger partial charge is 0.289 e. The van der Waals surface area contributed by atoms with Gasteiger partial charge in [-0.1, -0.05) is 133 Å². The summed E-state index contributed by atoms with van der Waals surface area (Å²) >= 11 is 0. The van der Waals surface area contributed by atoms with Gasteiger partial charge in [0.05, 0.1) is 20.4 Å². The van der Waals surface area contributed by atoms with E-state index in [-0.39, 0.29) is 9.79 Å². The third kappa shape index (κ3) is 6.39. The predicted octanol–water partition coefficient (Wildman–Crippen LogP) is 11.3. The standard InChI is InChI=1S/C50H38N2O6P2S/c51-41-19-11-21-43-47(41)39-17-7-9-23-45(39)59(53,57-43)49(33-13-3-1-4-14-33)35-25-29-37(30-26-35)61(55,56)38-31-27-36(28-32-38)50(34-15-5-2-6-16-34)60(54)46-24-10-8-18-40(46)48-42(52)20-12-22-44(48)58-60/h1-18,21-32,49-52H,19-20H2. The fraction of sp³-hybridized carbons (Fsp3) is 0.0800. The minimum absolute atomic E-state index is 0.0515. The molecule has 300 valence electrons. The van der Waals surface area contributed by atoms with Gasteiger partial charge in [0.15, 0.2) is 0 Å². The third-order valence-corrected chi connectivity index (χ3v) is 19.1. The van der Waals surface area contributed by atoms with Gasteiger partial charge in [-0.15, -0.1) is 0 Å². The average molecular weight is 857 g/mol. The SMILES string of the molecule is N=C1CC=CC2=C1c1ccccc1P(=O)(C(c1ccccc1)c1ccc(S(=O)(=O)c3ccc(C(c4ccccc4)P4(=O)OC5=C(C(=N)CC=C5)c5ccccc54)cc3)cc1)O2. The van der Waals surface area contributed by atoms with Gasteiger partial charge >= 0.3 is 0 Å². The molecule has 2 aliphatic carbocycles. The minimum atomic E-state index is -4.06. The highest BCUT2D eigenvalue weighted by Gasteiger charge is 2.47. The fourth-order valence-corrected chi connectivity index (χ4v) is 15.9. The number of rotatable bonds is 8. The molecule has 0 aromatic heterocycles. The maximum atomic E-state index is 15.6. The lowest BCUT2D eigenvalue weighted by Crippen LogP contribution is -2.26. The van der Waals surface area contributed by atoms with Crippen LogP contribution < -0.4 is 10.6 Å². The maximum absolute atomic E-state index is 15.6. The number of fused-ring (bicyclic) bond motifs is 4. The summed E-state index contributed by atoms with van der Waals surface area (Å²) in [4.78, 5) is 0.103. The zero-order valence-corrected chi connectivity index (χ0v) is 35.2. The second kappa shape index (κ2) is 15.0. The molecule has 0 saturated heterocycles. The van der Waals surface area contributed by atoms with E-state index in [4.69, 9.17) is 19.9 Å². The van der Waals surface area contributed by atoms with Crippen LogP contribution in [0.2, 0.25) is 0 Å². The Balaban J connectivity index is 1.01. The monoisotopic (exact) mass is 856 g/mol. The van der Waals surface area contributed by atoms with Crippen molar-refractivity contribution in [2.75, 3.05) is 0 Å². The van der Waals surface area contributed by atoms with Crippen molar-refractivity contribution >= 4 is 57.8 Å². The first-order valence-corrected chi connectivity index (χ1v) is 24.8. The molecule has 4 atom stereocenters. The van der Waals surface area contributed by atoms with Crippen molar-refractivity contribution in [1.82, 2.24) is 0 Å². The van der Waals surface area contributed by atoms with Crippen LogP contribution in [0.1, 0.15) is 57.5 Å². The molecule has 0 saturated carbocycles. The third-order valence-electron chi connectivity index (χ3n) is 11.7. The van der Waals surface area contributed by atoms with E-state index in [0.29, 0.717) is 79.8 Å². The second-order valence-corrected chi connectivity index (χ2v) is 22.0. The summed E-state index contributed by atoms with van der Waals surface area (Å²) in [5.41, 5.74) is 4.61. The van der Waals surface area contributed by atoms with Crippen LogP contribution in [0.4, 0.5) is 0 Å². The predicted molar refractivity (Wildman–Crippen MR) is 241 cm³/mol. The highest BCUT2D eigenvalue weighted by Crippen LogP contribution is 2.67. The Kier molecular flexibility index (Phi) is 9.52. The van der Waals surface area contributed by atoms with E-state index >= 15 is 9.13 Å². The van der Waals surface area contributed by atoms with Gasteiger partial charge in [-0.25, -0.2) is 8.42 Å². The van der Waals surface area contributed by atoms with Crippen LogP contribution in [0.3, 0.4) is 0 Å². The van der Waals surface area contributed by atoms with Gasteiger partial charge in [0.1, 0.15) is 22.8 Å². The van der Waals surface area contributed by atoms with E-state index < -0.39 is 35.9 Å². The highest BCUT2D eigenvalue weighted by atomic mass is 32.2. The summed E-state index contributed by atoms with van der Waals surface area (Å²) < 4.78 is 72.9. The summed E-state index contributed by atoms with van der Waals surface area (Å²) in [5.74, 6) is 0.794. The van der Waals surface area contributed by atoms with Crippen LogP contribution in [-0.4, -0.2) is 19.8 Å². The largest absolute Gasteiger partial charge is 0.438 e. The lowest BCUT2D eigenvalue weighted by atomic mass is 9.94. The molecule has 8 nitrogen and oxygen atoms in total. The Morgan fingerprint density at radius 3 is 1.20 bits per heavy atom. The van der Waals surface area contributed by atoms with E-state index in [9.17, 15) is 8.42 Å². The highest BCUT2D eigenvalue weighted by molar-refractivity contribution is 7.91. The van der Waals surface area contributed by atoms with E-state index in [0.717, 1.165) is 11.1 Å². The molecule has 0 amide bonds. The van der Waals surface area contributed by atoms with Crippen molar-refractivity contribution in [3.63, 3.8) is 0 Å². The zero-order chi connectivity index (χ0) is 41.9. The summed E-state index contributed by atoms with van der Waals surface area (Å²) in [6.07, 6.45) is 8.14. The molecule has 61 heavy (non-hydrogen) atoms. The zero-order valence-electron chi connectivity index (χ0n) is 32.6. The number of nitrogens with one attached hydrogen (secondary N) is 2. The first-order chi connectivity index (χ1) is 29.6. The van der Waals surface area contributed by atoms with Crippen LogP contribution in [0.15, 0.2) is 203 Å². The van der Waals surface area contributed by atoms with Crippen molar-refractivity contribution in [1.29, 1.82) is 10.8 Å². The number of hydrogen-bond acceptors (Lipinski definition) is 8. The van der Waals surface area contributed by atoms with Gasteiger partial charge in [0.2, 0.25) is 9.84 Å². The van der Waals surface area contributed by atoms with Gasteiger partial charge in [-0.2, -0.15) is 0 Å². The summed E-state index contributed by atoms with van der Waals surface area (Å²) in [7, 11) is -11.6. The first kappa shape index (κ1) is 38.8. The van der Waals surface area contributed by atoms with Crippen LogP contribution in [0, 0.1) is 10.8 Å². The van der Waals surface area contributed by atoms with Gasteiger partial charge in [-0.05, 0) is 70.8 Å². The molecule has 4 aliphatic rings. The van der Waals surface area contributed by atoms with Crippen molar-refractivity contribution in [3.05, 3.63) is 227 Å². The molecule has 2 N–H and O–H groups in total. The quantitative estimate of drug-likeness (QED) is 0.146. The van der Waals surface area contributed by atoms with E-state index in [1.807, 2.05) is 109 Å². The average Bonchev–Trinajstić information content (AvgIpc) is 3.28. The maximum Gasteiger partial charge on any atom is 0.289 e. The molecule has 11 heteroatoms. The topological polar surface area (TPSA) is 134 Å². The minimum Gasteiger partial charge on any atom is -0.438 e. The molecule has 2 heterocycles. The van der Waals surface area contributed by atoms with E-state index in [1.54, 1.807) is 48.6 Å². The van der Waals surface area contributed by atoms with E-state index in [2.05, 4.69) is 0 Å². The number of benzene rings is 6. The van der Waals surface area contributed by atoms with Crippen molar-refractivity contribution in [2.24, 2.45) is 0 Å². The van der Waals surface area contributed by atoms with Gasteiger partial charge in [0, 0.05) is 46.5 Å². The van der Waals surface area contributed by atoms with Gasteiger partial charge in [-0.3, -0.25) is 9.13 Å². The van der Waals surface area contributed by atoms with Crippen LogP contribution in [0.25, 0.3) is 11.1 Å². The van der Waals surface area contributed by atoms with Crippen LogP contribution >= 0.6 is 14.7 Å². The molecule has 6 aromatic carbocycles. The number of hydrogen-bond donors (Lipinski definition) is 2. The van der Waals surface area contributed by atoms with Crippen LogP contribution in [-0.2, 0) is 28.0 Å². The normalized spacial score (nSPS) is 21.3.